The summed E-state index contributed by atoms with van der Waals surface area (Å²) in [6.45, 7) is 3.23. The van der Waals surface area contributed by atoms with Crippen LogP contribution in [0.5, 0.6) is 0 Å². The van der Waals surface area contributed by atoms with Crippen LogP contribution in [0.25, 0.3) is 0 Å². The Morgan fingerprint density at radius 1 is 0.889 bits per heavy atom. The fourth-order valence-corrected chi connectivity index (χ4v) is 2.09. The van der Waals surface area contributed by atoms with Gasteiger partial charge in [-0.05, 0) is 42.5 Å². The van der Waals surface area contributed by atoms with Crippen LogP contribution in [-0.2, 0) is 12.8 Å². The van der Waals surface area contributed by atoms with Crippen LogP contribution in [0.1, 0.15) is 24.5 Å². The van der Waals surface area contributed by atoms with Crippen molar-refractivity contribution in [1.82, 2.24) is 0 Å². The molecule has 0 aromatic heterocycles. The van der Waals surface area contributed by atoms with Crippen molar-refractivity contribution in [1.29, 1.82) is 0 Å². The number of hydrogen-bond acceptors (Lipinski definition) is 1. The van der Waals surface area contributed by atoms with Gasteiger partial charge in [0, 0.05) is 12.2 Å². The zero-order chi connectivity index (χ0) is 12.6. The molecule has 0 saturated heterocycles. The van der Waals surface area contributed by atoms with Crippen molar-refractivity contribution < 1.29 is 0 Å². The Bertz CT molecular complexity index is 462. The molecule has 0 spiro atoms. The standard InChI is InChI=1S/C17H21N/c1-2-15-8-6-9-16(14-15)10-7-13-18-17-11-4-3-5-12-17/h3-6,8-9,11-12,14,18H,2,7,10,13H2,1H3. The first-order chi connectivity index (χ1) is 8.88. The van der Waals surface area contributed by atoms with E-state index in [9.17, 15) is 0 Å². The highest BCUT2D eigenvalue weighted by atomic mass is 14.9. The summed E-state index contributed by atoms with van der Waals surface area (Å²) >= 11 is 0. The van der Waals surface area contributed by atoms with E-state index in [1.165, 1.54) is 23.2 Å². The maximum atomic E-state index is 3.44. The number of hydrogen-bond donors (Lipinski definition) is 1. The van der Waals surface area contributed by atoms with Crippen molar-refractivity contribution in [2.75, 3.05) is 11.9 Å². The first-order valence-electron chi connectivity index (χ1n) is 6.75. The van der Waals surface area contributed by atoms with Crippen LogP contribution in [0.15, 0.2) is 54.6 Å². The summed E-state index contributed by atoms with van der Waals surface area (Å²) in [4.78, 5) is 0. The number of aryl methyl sites for hydroxylation is 2. The van der Waals surface area contributed by atoms with Gasteiger partial charge < -0.3 is 5.32 Å². The lowest BCUT2D eigenvalue weighted by Gasteiger charge is -2.07. The molecule has 1 heteroatoms. The molecule has 0 aliphatic carbocycles. The number of anilines is 1. The molecule has 0 unspecified atom stereocenters. The van der Waals surface area contributed by atoms with E-state index in [1.807, 2.05) is 6.07 Å². The fraction of sp³-hybridized carbons (Fsp3) is 0.294. The lowest BCUT2D eigenvalue weighted by molar-refractivity contribution is 0.860. The van der Waals surface area contributed by atoms with Crippen molar-refractivity contribution in [2.24, 2.45) is 0 Å². The van der Waals surface area contributed by atoms with Crippen LogP contribution in [0, 0.1) is 0 Å². The molecule has 2 rings (SSSR count). The summed E-state index contributed by atoms with van der Waals surface area (Å²) in [5, 5.41) is 3.44. The highest BCUT2D eigenvalue weighted by molar-refractivity contribution is 5.42. The average molecular weight is 239 g/mol. The van der Waals surface area contributed by atoms with Gasteiger partial charge in [0.15, 0.2) is 0 Å². The molecule has 18 heavy (non-hydrogen) atoms. The summed E-state index contributed by atoms with van der Waals surface area (Å²) < 4.78 is 0. The maximum absolute atomic E-state index is 3.44. The Hall–Kier alpha value is -1.76. The van der Waals surface area contributed by atoms with Gasteiger partial charge in [0.25, 0.3) is 0 Å². The van der Waals surface area contributed by atoms with Gasteiger partial charge in [0.2, 0.25) is 0 Å². The molecule has 0 aliphatic heterocycles. The summed E-state index contributed by atoms with van der Waals surface area (Å²) in [5.41, 5.74) is 4.09. The molecule has 94 valence electrons. The quantitative estimate of drug-likeness (QED) is 0.741. The molecule has 0 amide bonds. The molecule has 2 aromatic rings. The normalized spacial score (nSPS) is 10.3. The lowest BCUT2D eigenvalue weighted by atomic mass is 10.1. The average Bonchev–Trinajstić information content (AvgIpc) is 2.45. The minimum Gasteiger partial charge on any atom is -0.385 e. The Balaban J connectivity index is 1.75. The number of para-hydroxylation sites is 1. The smallest absolute Gasteiger partial charge is 0.0340 e. The molecule has 2 aromatic carbocycles. The highest BCUT2D eigenvalue weighted by Crippen LogP contribution is 2.09. The Kier molecular flexibility index (Phi) is 4.83. The highest BCUT2D eigenvalue weighted by Gasteiger charge is 1.95. The third-order valence-electron chi connectivity index (χ3n) is 3.14. The summed E-state index contributed by atoms with van der Waals surface area (Å²) in [6, 6.07) is 19.3. The van der Waals surface area contributed by atoms with Crippen molar-refractivity contribution in [3.05, 3.63) is 65.7 Å². The number of nitrogens with one attached hydrogen (secondary N) is 1. The first-order valence-corrected chi connectivity index (χ1v) is 6.75. The molecule has 0 radical (unpaired) electrons. The van der Waals surface area contributed by atoms with E-state index < -0.39 is 0 Å². The number of benzene rings is 2. The van der Waals surface area contributed by atoms with E-state index in [4.69, 9.17) is 0 Å². The van der Waals surface area contributed by atoms with E-state index in [1.54, 1.807) is 0 Å². The van der Waals surface area contributed by atoms with Crippen molar-refractivity contribution in [3.8, 4) is 0 Å². The topological polar surface area (TPSA) is 12.0 Å². The minimum absolute atomic E-state index is 1.03. The monoisotopic (exact) mass is 239 g/mol. The second-order valence-electron chi connectivity index (χ2n) is 4.57. The van der Waals surface area contributed by atoms with Gasteiger partial charge in [-0.15, -0.1) is 0 Å². The Morgan fingerprint density at radius 3 is 2.44 bits per heavy atom. The van der Waals surface area contributed by atoms with Crippen LogP contribution in [0.3, 0.4) is 0 Å². The Labute approximate surface area is 110 Å². The van der Waals surface area contributed by atoms with Gasteiger partial charge in [0.1, 0.15) is 0 Å². The van der Waals surface area contributed by atoms with Gasteiger partial charge in [-0.3, -0.25) is 0 Å². The second-order valence-corrected chi connectivity index (χ2v) is 4.57. The Morgan fingerprint density at radius 2 is 1.67 bits per heavy atom. The second kappa shape index (κ2) is 6.85. The van der Waals surface area contributed by atoms with E-state index in [2.05, 4.69) is 60.8 Å². The molecule has 0 atom stereocenters. The van der Waals surface area contributed by atoms with E-state index in [-0.39, 0.29) is 0 Å². The zero-order valence-electron chi connectivity index (χ0n) is 11.0. The molecule has 1 nitrogen and oxygen atoms in total. The SMILES string of the molecule is CCc1cccc(CCCNc2ccccc2)c1. The summed E-state index contributed by atoms with van der Waals surface area (Å²) in [7, 11) is 0. The van der Waals surface area contributed by atoms with E-state index >= 15 is 0 Å². The van der Waals surface area contributed by atoms with Crippen LogP contribution in [0.2, 0.25) is 0 Å². The van der Waals surface area contributed by atoms with Gasteiger partial charge in [-0.2, -0.15) is 0 Å². The third-order valence-corrected chi connectivity index (χ3v) is 3.14. The van der Waals surface area contributed by atoms with Crippen molar-refractivity contribution in [2.45, 2.75) is 26.2 Å². The molecule has 0 heterocycles. The molecule has 1 N–H and O–H groups in total. The maximum Gasteiger partial charge on any atom is 0.0340 e. The molecule has 0 aliphatic rings. The molecular weight excluding hydrogens is 218 g/mol. The van der Waals surface area contributed by atoms with Crippen LogP contribution >= 0.6 is 0 Å². The van der Waals surface area contributed by atoms with Gasteiger partial charge >= 0.3 is 0 Å². The molecule has 0 bridgehead atoms. The summed E-state index contributed by atoms with van der Waals surface area (Å²) in [6.07, 6.45) is 3.44. The predicted octanol–water partition coefficient (Wildman–Crippen LogP) is 4.29. The lowest BCUT2D eigenvalue weighted by Crippen LogP contribution is -2.02. The predicted molar refractivity (Wildman–Crippen MR) is 79.1 cm³/mol. The zero-order valence-corrected chi connectivity index (χ0v) is 11.0. The van der Waals surface area contributed by atoms with Gasteiger partial charge in [-0.25, -0.2) is 0 Å². The fourth-order valence-electron chi connectivity index (χ4n) is 2.09. The van der Waals surface area contributed by atoms with Crippen molar-refractivity contribution >= 4 is 5.69 Å². The van der Waals surface area contributed by atoms with Crippen LogP contribution < -0.4 is 5.32 Å². The van der Waals surface area contributed by atoms with Crippen molar-refractivity contribution in [3.63, 3.8) is 0 Å². The number of rotatable bonds is 6. The molecule has 0 saturated carbocycles. The minimum atomic E-state index is 1.03. The van der Waals surface area contributed by atoms with Crippen LogP contribution in [-0.4, -0.2) is 6.54 Å². The first kappa shape index (κ1) is 12.7. The summed E-state index contributed by atoms with van der Waals surface area (Å²) in [5.74, 6) is 0. The third kappa shape index (κ3) is 3.92. The van der Waals surface area contributed by atoms with E-state index in [0.717, 1.165) is 19.4 Å². The van der Waals surface area contributed by atoms with Crippen LogP contribution in [0.4, 0.5) is 5.69 Å². The largest absolute Gasteiger partial charge is 0.385 e. The van der Waals surface area contributed by atoms with Gasteiger partial charge in [0.05, 0.1) is 0 Å². The van der Waals surface area contributed by atoms with Gasteiger partial charge in [-0.1, -0.05) is 49.4 Å². The molecular formula is C17H21N. The van der Waals surface area contributed by atoms with E-state index in [0.29, 0.717) is 0 Å². The molecule has 0 fully saturated rings.